The summed E-state index contributed by atoms with van der Waals surface area (Å²) in [6, 6.07) is 69.8. The molecule has 244 valence electrons. The van der Waals surface area contributed by atoms with E-state index in [-0.39, 0.29) is 0 Å². The number of rotatable bonds is 3. The summed E-state index contributed by atoms with van der Waals surface area (Å²) >= 11 is 3.81. The van der Waals surface area contributed by atoms with E-state index in [0.717, 1.165) is 0 Å². The number of nitrogens with zero attached hydrogens (tertiary/aromatic N) is 1. The maximum absolute atomic E-state index is 2.43. The van der Waals surface area contributed by atoms with Gasteiger partial charge >= 0.3 is 0 Å². The molecule has 1 nitrogen and oxygen atoms in total. The summed E-state index contributed by atoms with van der Waals surface area (Å²) in [6.45, 7) is 0. The fourth-order valence-electron chi connectivity index (χ4n) is 8.87. The van der Waals surface area contributed by atoms with Gasteiger partial charge in [0, 0.05) is 36.0 Å². The topological polar surface area (TPSA) is 4.93 Å². The molecule has 0 amide bonds. The van der Waals surface area contributed by atoms with Gasteiger partial charge in [0.1, 0.15) is 0 Å². The van der Waals surface area contributed by atoms with Gasteiger partial charge in [0.05, 0.1) is 16.4 Å². The van der Waals surface area contributed by atoms with Crippen molar-refractivity contribution in [1.82, 2.24) is 4.57 Å². The third-order valence-electron chi connectivity index (χ3n) is 10.9. The van der Waals surface area contributed by atoms with Gasteiger partial charge in [-0.25, -0.2) is 0 Å². The van der Waals surface area contributed by atoms with Crippen molar-refractivity contribution >= 4 is 45.3 Å². The number of fused-ring (bicyclic) bond motifs is 11. The van der Waals surface area contributed by atoms with Crippen molar-refractivity contribution in [2.75, 3.05) is 0 Å². The van der Waals surface area contributed by atoms with Crippen LogP contribution in [0.1, 0.15) is 22.3 Å². The quantitative estimate of drug-likeness (QED) is 0.181. The molecule has 0 bridgehead atoms. The first-order valence-electron chi connectivity index (χ1n) is 17.8. The van der Waals surface area contributed by atoms with Crippen molar-refractivity contribution in [2.24, 2.45) is 0 Å². The van der Waals surface area contributed by atoms with Crippen LogP contribution in [0, 0.1) is 0 Å². The maximum atomic E-state index is 2.43. The molecular weight excluding hydrogens is 667 g/mol. The predicted molar refractivity (Wildman–Crippen MR) is 218 cm³/mol. The summed E-state index contributed by atoms with van der Waals surface area (Å²) < 4.78 is 2.43. The highest BCUT2D eigenvalue weighted by atomic mass is 32.2. The first kappa shape index (κ1) is 29.9. The van der Waals surface area contributed by atoms with Crippen molar-refractivity contribution < 1.29 is 0 Å². The van der Waals surface area contributed by atoms with Crippen LogP contribution >= 0.6 is 23.5 Å². The zero-order valence-electron chi connectivity index (χ0n) is 28.2. The summed E-state index contributed by atoms with van der Waals surface area (Å²) in [5.41, 5.74) is 13.5. The van der Waals surface area contributed by atoms with Crippen molar-refractivity contribution in [3.05, 3.63) is 210 Å². The highest BCUT2D eigenvalue weighted by Gasteiger charge is 2.51. The Balaban J connectivity index is 1.28. The summed E-state index contributed by atoms with van der Waals surface area (Å²) in [7, 11) is 0. The van der Waals surface area contributed by atoms with Gasteiger partial charge < -0.3 is 4.57 Å². The maximum Gasteiger partial charge on any atom is 0.0757 e. The second-order valence-corrected chi connectivity index (χ2v) is 15.8. The normalized spacial score (nSPS) is 13.8. The average molecular weight is 698 g/mol. The van der Waals surface area contributed by atoms with Gasteiger partial charge in [0.2, 0.25) is 0 Å². The molecule has 0 radical (unpaired) electrons. The molecule has 0 N–H and O–H groups in total. The number of hydrogen-bond donors (Lipinski definition) is 0. The minimum absolute atomic E-state index is 0.557. The van der Waals surface area contributed by atoms with Gasteiger partial charge in [-0.2, -0.15) is 0 Å². The number of aromatic nitrogens is 1. The van der Waals surface area contributed by atoms with Crippen molar-refractivity contribution in [3.8, 4) is 27.9 Å². The number of hydrogen-bond acceptors (Lipinski definition) is 2. The van der Waals surface area contributed by atoms with Crippen LogP contribution in [-0.4, -0.2) is 4.57 Å². The van der Waals surface area contributed by atoms with Crippen LogP contribution in [0.5, 0.6) is 0 Å². The van der Waals surface area contributed by atoms with E-state index in [4.69, 9.17) is 0 Å². The Hall–Kier alpha value is -5.74. The molecule has 3 heteroatoms. The minimum Gasteiger partial charge on any atom is -0.309 e. The van der Waals surface area contributed by atoms with Gasteiger partial charge in [-0.15, -0.1) is 0 Å². The smallest absolute Gasteiger partial charge is 0.0757 e. The third kappa shape index (κ3) is 4.21. The van der Waals surface area contributed by atoms with E-state index in [1.807, 2.05) is 23.5 Å². The molecule has 0 atom stereocenters. The summed E-state index contributed by atoms with van der Waals surface area (Å²) in [5, 5.41) is 2.53. The minimum atomic E-state index is -0.557. The van der Waals surface area contributed by atoms with E-state index in [1.165, 1.54) is 91.6 Å². The molecule has 9 aromatic rings. The van der Waals surface area contributed by atoms with E-state index in [2.05, 4.69) is 193 Å². The van der Waals surface area contributed by atoms with Crippen LogP contribution in [-0.2, 0) is 5.41 Å². The SMILES string of the molecule is c1ccc(-c2cccc3c2C2(c4ccccc4Sc4ccccc42)c2c(cccc2-c2ccc4c5ccccc5n(-c5ccccc5)c4c2)S3)cc1. The second kappa shape index (κ2) is 11.6. The lowest BCUT2D eigenvalue weighted by atomic mass is 9.61. The van der Waals surface area contributed by atoms with E-state index >= 15 is 0 Å². The Morgan fingerprint density at radius 1 is 0.365 bits per heavy atom. The van der Waals surface area contributed by atoms with Gasteiger partial charge in [-0.3, -0.25) is 0 Å². The fraction of sp³-hybridized carbons (Fsp3) is 0.0204. The van der Waals surface area contributed by atoms with Crippen LogP contribution in [0.4, 0.5) is 0 Å². The van der Waals surface area contributed by atoms with Crippen molar-refractivity contribution in [3.63, 3.8) is 0 Å². The monoisotopic (exact) mass is 697 g/mol. The molecular formula is C49H31NS2. The van der Waals surface area contributed by atoms with E-state index < -0.39 is 5.41 Å². The molecule has 0 saturated carbocycles. The molecule has 0 saturated heterocycles. The molecule has 1 spiro atoms. The van der Waals surface area contributed by atoms with Crippen LogP contribution in [0.3, 0.4) is 0 Å². The molecule has 1 aromatic heterocycles. The number of benzene rings is 8. The lowest BCUT2D eigenvalue weighted by Gasteiger charge is -2.47. The number of para-hydroxylation sites is 2. The third-order valence-corrected chi connectivity index (χ3v) is 13.2. The largest absolute Gasteiger partial charge is 0.309 e. The van der Waals surface area contributed by atoms with Crippen LogP contribution < -0.4 is 0 Å². The molecule has 0 unspecified atom stereocenters. The zero-order valence-corrected chi connectivity index (χ0v) is 29.8. The Labute approximate surface area is 311 Å². The average Bonchev–Trinajstić information content (AvgIpc) is 3.54. The Bertz CT molecular complexity index is 2810. The molecule has 8 aromatic carbocycles. The summed E-state index contributed by atoms with van der Waals surface area (Å²) in [6.07, 6.45) is 0. The summed E-state index contributed by atoms with van der Waals surface area (Å²) in [5.74, 6) is 0. The zero-order chi connectivity index (χ0) is 34.2. The molecule has 0 fully saturated rings. The van der Waals surface area contributed by atoms with E-state index in [1.54, 1.807) is 0 Å². The molecule has 2 aliphatic heterocycles. The predicted octanol–water partition coefficient (Wildman–Crippen LogP) is 13.4. The standard InChI is InChI=1S/C49H31NS2/c1-3-15-32(16-4-1)35-20-13-27-45-47(35)49(39-22-8-11-25-43(39)51-44-26-12-9-23-40(44)49)48-36(21-14-28-46(48)52-45)33-29-30-38-37-19-7-10-24-41(37)50(42(38)31-33)34-17-5-2-6-18-34/h1-31H. The fourth-order valence-corrected chi connectivity index (χ4v) is 11.3. The first-order valence-corrected chi connectivity index (χ1v) is 19.4. The van der Waals surface area contributed by atoms with Gasteiger partial charge in [0.15, 0.2) is 0 Å². The van der Waals surface area contributed by atoms with Crippen molar-refractivity contribution in [2.45, 2.75) is 25.0 Å². The van der Waals surface area contributed by atoms with E-state index in [9.17, 15) is 0 Å². The highest BCUT2D eigenvalue weighted by Crippen LogP contribution is 2.64. The Morgan fingerprint density at radius 2 is 0.885 bits per heavy atom. The van der Waals surface area contributed by atoms with Gasteiger partial charge in [0.25, 0.3) is 0 Å². The Kier molecular flexibility index (Phi) is 6.70. The van der Waals surface area contributed by atoms with Gasteiger partial charge in [-0.05, 0) is 93.0 Å². The van der Waals surface area contributed by atoms with Gasteiger partial charge in [-0.1, -0.05) is 163 Å². The molecule has 0 aliphatic carbocycles. The lowest BCUT2D eigenvalue weighted by Crippen LogP contribution is -2.37. The van der Waals surface area contributed by atoms with Crippen LogP contribution in [0.25, 0.3) is 49.7 Å². The first-order chi connectivity index (χ1) is 25.8. The lowest BCUT2D eigenvalue weighted by molar-refractivity contribution is 0.671. The molecule has 2 aliphatic rings. The van der Waals surface area contributed by atoms with Crippen molar-refractivity contribution in [1.29, 1.82) is 0 Å². The highest BCUT2D eigenvalue weighted by molar-refractivity contribution is 8.00. The van der Waals surface area contributed by atoms with E-state index in [0.29, 0.717) is 0 Å². The second-order valence-electron chi connectivity index (χ2n) is 13.6. The van der Waals surface area contributed by atoms with Crippen LogP contribution in [0.2, 0.25) is 0 Å². The molecule has 52 heavy (non-hydrogen) atoms. The molecule has 3 heterocycles. The molecule has 11 rings (SSSR count). The van der Waals surface area contributed by atoms with Crippen LogP contribution in [0.15, 0.2) is 208 Å². The summed E-state index contributed by atoms with van der Waals surface area (Å²) in [4.78, 5) is 5.22. The Morgan fingerprint density at radius 3 is 1.58 bits per heavy atom.